The molecule has 5 rings (SSSR count). The predicted molar refractivity (Wildman–Crippen MR) is 113 cm³/mol. The number of rotatable bonds is 4. The molecule has 2 aromatic heterocycles. The molecule has 2 aromatic rings. The summed E-state index contributed by atoms with van der Waals surface area (Å²) in [6.45, 7) is 6.22. The Bertz CT molecular complexity index is 902. The van der Waals surface area contributed by atoms with Crippen LogP contribution in [0.25, 0.3) is 10.2 Å². The van der Waals surface area contributed by atoms with Gasteiger partial charge in [-0.2, -0.15) is 0 Å². The second kappa shape index (κ2) is 7.26. The number of aromatic nitrogens is 2. The number of hydrogen-bond donors (Lipinski definition) is 1. The zero-order valence-corrected chi connectivity index (χ0v) is 17.4. The maximum atomic E-state index is 12.1. The number of likely N-dealkylation sites (tertiary alicyclic amines) is 1. The average Bonchev–Trinajstić information content (AvgIpc) is 3.38. The maximum absolute atomic E-state index is 12.1. The van der Waals surface area contributed by atoms with Gasteiger partial charge < -0.3 is 10.6 Å². The molecule has 2 aliphatic heterocycles. The Balaban J connectivity index is 1.55. The number of primary amides is 1. The molecule has 0 spiro atoms. The van der Waals surface area contributed by atoms with Crippen LogP contribution in [0.2, 0.25) is 0 Å². The number of thiophene rings is 1. The topological polar surface area (TPSA) is 75.3 Å². The van der Waals surface area contributed by atoms with Gasteiger partial charge in [0.2, 0.25) is 5.91 Å². The molecule has 0 saturated carbocycles. The van der Waals surface area contributed by atoms with Gasteiger partial charge in [0.15, 0.2) is 0 Å². The van der Waals surface area contributed by atoms with Crippen LogP contribution in [-0.2, 0) is 24.2 Å². The Labute approximate surface area is 170 Å². The first-order valence-electron chi connectivity index (χ1n) is 10.7. The molecular weight excluding hydrogens is 370 g/mol. The van der Waals surface area contributed by atoms with Gasteiger partial charge in [-0.15, -0.1) is 11.3 Å². The molecule has 0 bridgehead atoms. The lowest BCUT2D eigenvalue weighted by atomic mass is 9.99. The Morgan fingerprint density at radius 1 is 1.14 bits per heavy atom. The van der Waals surface area contributed by atoms with Crippen LogP contribution in [0.5, 0.6) is 0 Å². The van der Waals surface area contributed by atoms with Crippen LogP contribution in [-0.4, -0.2) is 46.5 Å². The number of carbonyl (C=O) groups is 1. The summed E-state index contributed by atoms with van der Waals surface area (Å²) in [6, 6.07) is -0.237. The van der Waals surface area contributed by atoms with E-state index in [2.05, 4.69) is 16.7 Å². The summed E-state index contributed by atoms with van der Waals surface area (Å²) in [7, 11) is 0. The van der Waals surface area contributed by atoms with E-state index in [1.165, 1.54) is 35.1 Å². The van der Waals surface area contributed by atoms with Crippen LogP contribution in [0.15, 0.2) is 0 Å². The van der Waals surface area contributed by atoms with E-state index in [0.29, 0.717) is 0 Å². The summed E-state index contributed by atoms with van der Waals surface area (Å²) in [6.07, 6.45) is 7.77. The van der Waals surface area contributed by atoms with Gasteiger partial charge >= 0.3 is 0 Å². The van der Waals surface area contributed by atoms with E-state index in [0.717, 1.165) is 74.3 Å². The largest absolute Gasteiger partial charge is 0.368 e. The van der Waals surface area contributed by atoms with Crippen LogP contribution in [0, 0.1) is 5.92 Å². The number of fused-ring (bicyclic) bond motifs is 3. The number of piperidine rings is 1. The number of aryl methyl sites for hydroxylation is 2. The molecule has 2 N–H and O–H groups in total. The highest BCUT2D eigenvalue weighted by molar-refractivity contribution is 7.19. The van der Waals surface area contributed by atoms with Crippen molar-refractivity contribution in [2.45, 2.75) is 64.5 Å². The van der Waals surface area contributed by atoms with Crippen molar-refractivity contribution in [3.8, 4) is 0 Å². The third-order valence-corrected chi connectivity index (χ3v) is 7.87. The SMILES string of the molecule is CC1CCN(Cc2nc(N3CCC[C@H]3C(N)=O)c3c4c(sc3n2)CCC4)CC1. The Hall–Kier alpha value is -1.73. The standard InChI is InChI=1S/C21H29N5OS/c1-13-7-10-25(11-8-13)12-17-23-20(26-9-3-5-15(26)19(22)27)18-14-4-2-6-16(14)28-21(18)24-17/h13,15H,2-12H2,1H3,(H2,22,27)/t15-/m0/s1. The lowest BCUT2D eigenvalue weighted by Crippen LogP contribution is -2.41. The fraction of sp³-hybridized carbons (Fsp3) is 0.667. The minimum absolute atomic E-state index is 0.234. The summed E-state index contributed by atoms with van der Waals surface area (Å²) in [5.74, 6) is 2.44. The summed E-state index contributed by atoms with van der Waals surface area (Å²) < 4.78 is 0. The first-order valence-corrected chi connectivity index (χ1v) is 11.5. The highest BCUT2D eigenvalue weighted by Gasteiger charge is 2.34. The predicted octanol–water partition coefficient (Wildman–Crippen LogP) is 2.87. The number of amides is 1. The monoisotopic (exact) mass is 399 g/mol. The third kappa shape index (κ3) is 3.18. The number of carbonyl (C=O) groups excluding carboxylic acids is 1. The molecule has 4 heterocycles. The maximum Gasteiger partial charge on any atom is 0.240 e. The van der Waals surface area contributed by atoms with Gasteiger partial charge in [-0.1, -0.05) is 6.92 Å². The van der Waals surface area contributed by atoms with Crippen molar-refractivity contribution in [3.63, 3.8) is 0 Å². The van der Waals surface area contributed by atoms with Crippen molar-refractivity contribution >= 4 is 33.3 Å². The van der Waals surface area contributed by atoms with E-state index >= 15 is 0 Å². The molecule has 0 aromatic carbocycles. The van der Waals surface area contributed by atoms with Gasteiger partial charge in [-0.3, -0.25) is 9.69 Å². The number of nitrogens with two attached hydrogens (primary N) is 1. The van der Waals surface area contributed by atoms with Gasteiger partial charge in [0, 0.05) is 11.4 Å². The molecular formula is C21H29N5OS. The molecule has 3 aliphatic rings. The summed E-state index contributed by atoms with van der Waals surface area (Å²) >= 11 is 1.83. The highest BCUT2D eigenvalue weighted by Crippen LogP contribution is 2.42. The van der Waals surface area contributed by atoms with Crippen LogP contribution in [0.4, 0.5) is 5.82 Å². The van der Waals surface area contributed by atoms with E-state index in [1.807, 2.05) is 11.3 Å². The normalized spacial score (nSPS) is 23.6. The molecule has 7 heteroatoms. The van der Waals surface area contributed by atoms with Crippen molar-refractivity contribution < 1.29 is 4.79 Å². The molecule has 150 valence electrons. The molecule has 28 heavy (non-hydrogen) atoms. The molecule has 6 nitrogen and oxygen atoms in total. The van der Waals surface area contributed by atoms with Crippen LogP contribution in [0.1, 0.15) is 55.3 Å². The molecule has 0 unspecified atom stereocenters. The zero-order chi connectivity index (χ0) is 19.3. The Morgan fingerprint density at radius 2 is 1.96 bits per heavy atom. The minimum atomic E-state index is -0.237. The second-order valence-corrected chi connectivity index (χ2v) is 9.80. The summed E-state index contributed by atoms with van der Waals surface area (Å²) in [5, 5.41) is 1.20. The first kappa shape index (κ1) is 18.3. The Morgan fingerprint density at radius 3 is 2.75 bits per heavy atom. The van der Waals surface area contributed by atoms with Crippen molar-refractivity contribution in [3.05, 3.63) is 16.3 Å². The van der Waals surface area contributed by atoms with Gasteiger partial charge in [0.1, 0.15) is 22.5 Å². The number of anilines is 1. The van der Waals surface area contributed by atoms with E-state index in [1.54, 1.807) is 0 Å². The van der Waals surface area contributed by atoms with Crippen LogP contribution < -0.4 is 10.6 Å². The molecule has 1 atom stereocenters. The molecule has 2 saturated heterocycles. The van der Waals surface area contributed by atoms with E-state index < -0.39 is 0 Å². The van der Waals surface area contributed by atoms with Crippen LogP contribution >= 0.6 is 11.3 Å². The average molecular weight is 400 g/mol. The van der Waals surface area contributed by atoms with E-state index in [9.17, 15) is 4.79 Å². The second-order valence-electron chi connectivity index (χ2n) is 8.71. The Kier molecular flexibility index (Phi) is 4.75. The van der Waals surface area contributed by atoms with Crippen molar-refractivity contribution in [2.75, 3.05) is 24.5 Å². The fourth-order valence-corrected chi connectivity index (χ4v) is 6.31. The van der Waals surface area contributed by atoms with Crippen molar-refractivity contribution in [1.82, 2.24) is 14.9 Å². The van der Waals surface area contributed by atoms with Crippen molar-refractivity contribution in [2.24, 2.45) is 11.7 Å². The van der Waals surface area contributed by atoms with Gasteiger partial charge in [-0.25, -0.2) is 9.97 Å². The van der Waals surface area contributed by atoms with E-state index in [4.69, 9.17) is 15.7 Å². The zero-order valence-electron chi connectivity index (χ0n) is 16.6. The van der Waals surface area contributed by atoms with Gasteiger partial charge in [-0.05, 0) is 69.5 Å². The lowest BCUT2D eigenvalue weighted by Gasteiger charge is -2.30. The first-order chi connectivity index (χ1) is 13.6. The minimum Gasteiger partial charge on any atom is -0.368 e. The van der Waals surface area contributed by atoms with Gasteiger partial charge in [0.05, 0.1) is 11.9 Å². The fourth-order valence-electron chi connectivity index (χ4n) is 5.03. The third-order valence-electron chi connectivity index (χ3n) is 6.69. The molecule has 1 amide bonds. The van der Waals surface area contributed by atoms with Gasteiger partial charge in [0.25, 0.3) is 0 Å². The summed E-state index contributed by atoms with van der Waals surface area (Å²) in [4.78, 5) is 29.3. The number of hydrogen-bond acceptors (Lipinski definition) is 6. The van der Waals surface area contributed by atoms with E-state index in [-0.39, 0.29) is 11.9 Å². The molecule has 1 aliphatic carbocycles. The highest BCUT2D eigenvalue weighted by atomic mass is 32.1. The molecule has 0 radical (unpaired) electrons. The molecule has 2 fully saturated rings. The van der Waals surface area contributed by atoms with Crippen LogP contribution in [0.3, 0.4) is 0 Å². The number of nitrogens with zero attached hydrogens (tertiary/aromatic N) is 4. The lowest BCUT2D eigenvalue weighted by molar-refractivity contribution is -0.119. The van der Waals surface area contributed by atoms with Crippen molar-refractivity contribution in [1.29, 1.82) is 0 Å². The quantitative estimate of drug-likeness (QED) is 0.856. The summed E-state index contributed by atoms with van der Waals surface area (Å²) in [5.41, 5.74) is 7.15. The smallest absolute Gasteiger partial charge is 0.240 e.